The van der Waals surface area contributed by atoms with Crippen molar-refractivity contribution < 1.29 is 14.3 Å². The summed E-state index contributed by atoms with van der Waals surface area (Å²) in [4.78, 5) is 27.7. The third kappa shape index (κ3) is 4.59. The molecule has 1 aliphatic heterocycles. The van der Waals surface area contributed by atoms with Gasteiger partial charge >= 0.3 is 6.09 Å². The van der Waals surface area contributed by atoms with Crippen LogP contribution in [0.5, 0.6) is 0 Å². The normalized spacial score (nSPS) is 15.1. The molecule has 0 saturated carbocycles. The molecule has 5 nitrogen and oxygen atoms in total. The van der Waals surface area contributed by atoms with Gasteiger partial charge in [0.15, 0.2) is 0 Å². The summed E-state index contributed by atoms with van der Waals surface area (Å²) >= 11 is 2.21. The van der Waals surface area contributed by atoms with Gasteiger partial charge in [-0.1, -0.05) is 13.8 Å². The minimum atomic E-state index is -0.282. The van der Waals surface area contributed by atoms with Crippen LogP contribution in [0.4, 0.5) is 4.79 Å². The van der Waals surface area contributed by atoms with Crippen LogP contribution in [0.15, 0.2) is 24.3 Å². The molecule has 0 aliphatic carbocycles. The molecule has 2 amide bonds. The molecule has 1 fully saturated rings. The van der Waals surface area contributed by atoms with Crippen LogP contribution < -0.4 is 0 Å². The Morgan fingerprint density at radius 2 is 1.64 bits per heavy atom. The van der Waals surface area contributed by atoms with E-state index in [0.29, 0.717) is 44.3 Å². The average molecular weight is 416 g/mol. The van der Waals surface area contributed by atoms with E-state index < -0.39 is 0 Å². The van der Waals surface area contributed by atoms with Gasteiger partial charge in [0.25, 0.3) is 5.91 Å². The van der Waals surface area contributed by atoms with Gasteiger partial charge in [0.2, 0.25) is 0 Å². The van der Waals surface area contributed by atoms with Gasteiger partial charge in [0.1, 0.15) is 0 Å². The minimum Gasteiger partial charge on any atom is -0.449 e. The van der Waals surface area contributed by atoms with E-state index >= 15 is 0 Å². The fraction of sp³-hybridized carbons (Fsp3) is 0.500. The molecular weight excluding hydrogens is 395 g/mol. The fourth-order valence-electron chi connectivity index (χ4n) is 2.20. The number of halogens is 1. The second-order valence-electron chi connectivity index (χ2n) is 5.76. The number of carbonyl (C=O) groups excluding carboxylic acids is 2. The summed E-state index contributed by atoms with van der Waals surface area (Å²) in [5.74, 6) is 0.347. The first-order chi connectivity index (χ1) is 10.5. The lowest BCUT2D eigenvalue weighted by Gasteiger charge is -2.34. The molecule has 0 spiro atoms. The predicted molar refractivity (Wildman–Crippen MR) is 92.8 cm³/mol. The van der Waals surface area contributed by atoms with Gasteiger partial charge in [0, 0.05) is 35.3 Å². The molecule has 1 aromatic carbocycles. The second kappa shape index (κ2) is 7.80. The standard InChI is InChI=1S/C16H21IN2O3/c1-12(2)11-22-16(21)19-9-7-18(8-10-19)15(20)13-3-5-14(17)6-4-13/h3-6,12H,7-11H2,1-2H3. The minimum absolute atomic E-state index is 0.0200. The van der Waals surface area contributed by atoms with Gasteiger partial charge < -0.3 is 14.5 Å². The average Bonchev–Trinajstić information content (AvgIpc) is 2.53. The summed E-state index contributed by atoms with van der Waals surface area (Å²) in [6.45, 7) is 6.57. The number of hydrogen-bond acceptors (Lipinski definition) is 3. The highest BCUT2D eigenvalue weighted by atomic mass is 127. The third-order valence-corrected chi connectivity index (χ3v) is 4.18. The molecule has 1 aliphatic rings. The molecule has 0 atom stereocenters. The maximum absolute atomic E-state index is 12.4. The molecule has 0 unspecified atom stereocenters. The van der Waals surface area contributed by atoms with Crippen molar-refractivity contribution in [1.82, 2.24) is 9.80 Å². The van der Waals surface area contributed by atoms with E-state index in [1.807, 2.05) is 38.1 Å². The number of rotatable bonds is 3. The van der Waals surface area contributed by atoms with Crippen LogP contribution in [-0.4, -0.2) is 54.6 Å². The predicted octanol–water partition coefficient (Wildman–Crippen LogP) is 2.84. The van der Waals surface area contributed by atoms with Crippen molar-refractivity contribution in [3.63, 3.8) is 0 Å². The van der Waals surface area contributed by atoms with Crippen molar-refractivity contribution in [2.45, 2.75) is 13.8 Å². The number of amides is 2. The first kappa shape index (κ1) is 17.1. The number of nitrogens with zero attached hydrogens (tertiary/aromatic N) is 2. The Kier molecular flexibility index (Phi) is 6.05. The number of ether oxygens (including phenoxy) is 1. The van der Waals surface area contributed by atoms with E-state index in [0.717, 1.165) is 3.57 Å². The van der Waals surface area contributed by atoms with Crippen molar-refractivity contribution in [2.75, 3.05) is 32.8 Å². The zero-order valence-electron chi connectivity index (χ0n) is 12.9. The molecule has 1 saturated heterocycles. The zero-order chi connectivity index (χ0) is 16.1. The number of benzene rings is 1. The van der Waals surface area contributed by atoms with Crippen LogP contribution in [0.25, 0.3) is 0 Å². The van der Waals surface area contributed by atoms with Crippen molar-refractivity contribution in [2.24, 2.45) is 5.92 Å². The highest BCUT2D eigenvalue weighted by Gasteiger charge is 2.25. The first-order valence-electron chi connectivity index (χ1n) is 7.44. The fourth-order valence-corrected chi connectivity index (χ4v) is 2.56. The van der Waals surface area contributed by atoms with E-state index in [1.165, 1.54) is 0 Å². The van der Waals surface area contributed by atoms with Crippen LogP contribution >= 0.6 is 22.6 Å². The molecule has 6 heteroatoms. The number of carbonyl (C=O) groups is 2. The Balaban J connectivity index is 1.85. The Labute approximate surface area is 144 Å². The van der Waals surface area contributed by atoms with E-state index in [9.17, 15) is 9.59 Å². The molecule has 2 rings (SSSR count). The topological polar surface area (TPSA) is 49.9 Å². The molecule has 1 heterocycles. The Morgan fingerprint density at radius 3 is 2.18 bits per heavy atom. The third-order valence-electron chi connectivity index (χ3n) is 3.46. The molecule has 0 radical (unpaired) electrons. The van der Waals surface area contributed by atoms with Gasteiger partial charge in [-0.2, -0.15) is 0 Å². The molecule has 0 aromatic heterocycles. The Hall–Kier alpha value is -1.31. The van der Waals surface area contributed by atoms with Crippen LogP contribution in [0.1, 0.15) is 24.2 Å². The lowest BCUT2D eigenvalue weighted by molar-refractivity contribution is 0.0535. The summed E-state index contributed by atoms with van der Waals surface area (Å²) in [6, 6.07) is 7.53. The molecule has 0 N–H and O–H groups in total. The van der Waals surface area contributed by atoms with Crippen molar-refractivity contribution in [3.05, 3.63) is 33.4 Å². The largest absolute Gasteiger partial charge is 0.449 e. The Bertz CT molecular complexity index is 523. The first-order valence-corrected chi connectivity index (χ1v) is 8.52. The zero-order valence-corrected chi connectivity index (χ0v) is 15.1. The van der Waals surface area contributed by atoms with Crippen molar-refractivity contribution in [1.29, 1.82) is 0 Å². The second-order valence-corrected chi connectivity index (χ2v) is 7.00. The van der Waals surface area contributed by atoms with Gasteiger partial charge in [-0.05, 0) is 52.8 Å². The summed E-state index contributed by atoms with van der Waals surface area (Å²) in [7, 11) is 0. The molecule has 1 aromatic rings. The number of piperazine rings is 1. The Morgan fingerprint density at radius 1 is 1.09 bits per heavy atom. The van der Waals surface area contributed by atoms with Crippen LogP contribution in [0.2, 0.25) is 0 Å². The quantitative estimate of drug-likeness (QED) is 0.713. The molecule has 22 heavy (non-hydrogen) atoms. The van der Waals surface area contributed by atoms with E-state index in [4.69, 9.17) is 4.74 Å². The SMILES string of the molecule is CC(C)COC(=O)N1CCN(C(=O)c2ccc(I)cc2)CC1. The smallest absolute Gasteiger partial charge is 0.409 e. The highest BCUT2D eigenvalue weighted by molar-refractivity contribution is 14.1. The van der Waals surface area contributed by atoms with Crippen LogP contribution in [0, 0.1) is 9.49 Å². The van der Waals surface area contributed by atoms with Crippen LogP contribution in [0.3, 0.4) is 0 Å². The van der Waals surface area contributed by atoms with E-state index in [1.54, 1.807) is 9.80 Å². The van der Waals surface area contributed by atoms with E-state index in [-0.39, 0.29) is 12.0 Å². The van der Waals surface area contributed by atoms with E-state index in [2.05, 4.69) is 22.6 Å². The van der Waals surface area contributed by atoms with Gasteiger partial charge in [-0.3, -0.25) is 4.79 Å². The molecule has 120 valence electrons. The van der Waals surface area contributed by atoms with Crippen molar-refractivity contribution >= 4 is 34.6 Å². The maximum atomic E-state index is 12.4. The maximum Gasteiger partial charge on any atom is 0.409 e. The molecular formula is C16H21IN2O3. The van der Waals surface area contributed by atoms with Crippen molar-refractivity contribution in [3.8, 4) is 0 Å². The van der Waals surface area contributed by atoms with Crippen LogP contribution in [-0.2, 0) is 4.74 Å². The summed E-state index contributed by atoms with van der Waals surface area (Å²) in [6.07, 6.45) is -0.282. The summed E-state index contributed by atoms with van der Waals surface area (Å²) < 4.78 is 6.32. The monoisotopic (exact) mass is 416 g/mol. The lowest BCUT2D eigenvalue weighted by atomic mass is 10.2. The number of hydrogen-bond donors (Lipinski definition) is 0. The molecule has 0 bridgehead atoms. The van der Waals surface area contributed by atoms with Gasteiger partial charge in [-0.15, -0.1) is 0 Å². The highest BCUT2D eigenvalue weighted by Crippen LogP contribution is 2.12. The van der Waals surface area contributed by atoms with Gasteiger partial charge in [-0.25, -0.2) is 4.79 Å². The summed E-state index contributed by atoms with van der Waals surface area (Å²) in [5.41, 5.74) is 0.691. The summed E-state index contributed by atoms with van der Waals surface area (Å²) in [5, 5.41) is 0. The lowest BCUT2D eigenvalue weighted by Crippen LogP contribution is -2.50. The van der Waals surface area contributed by atoms with Gasteiger partial charge in [0.05, 0.1) is 6.61 Å².